The number of fused-ring (bicyclic) bond motifs is 1. The predicted molar refractivity (Wildman–Crippen MR) is 85.9 cm³/mol. The van der Waals surface area contributed by atoms with E-state index < -0.39 is 0 Å². The normalized spacial score (nSPS) is 16.3. The smallest absolute Gasteiger partial charge is 0.319 e. The molecule has 3 N–H and O–H groups in total. The monoisotopic (exact) mass is 302 g/mol. The summed E-state index contributed by atoms with van der Waals surface area (Å²) in [6.07, 6.45) is 5.07. The fourth-order valence-corrected chi connectivity index (χ4v) is 2.92. The molecule has 22 heavy (non-hydrogen) atoms. The molecule has 1 aliphatic carbocycles. The van der Waals surface area contributed by atoms with E-state index in [1.807, 2.05) is 27.1 Å². The van der Waals surface area contributed by atoms with Crippen LogP contribution in [0.25, 0.3) is 11.0 Å². The first-order chi connectivity index (χ1) is 10.5. The van der Waals surface area contributed by atoms with Gasteiger partial charge in [0, 0.05) is 24.5 Å². The molecule has 0 aromatic carbocycles. The number of pyridine rings is 1. The van der Waals surface area contributed by atoms with Crippen molar-refractivity contribution in [1.29, 1.82) is 0 Å². The van der Waals surface area contributed by atoms with Gasteiger partial charge in [0.2, 0.25) is 0 Å². The van der Waals surface area contributed by atoms with Crippen LogP contribution in [-0.2, 0) is 7.05 Å². The first-order valence-electron chi connectivity index (χ1n) is 7.56. The zero-order valence-electron chi connectivity index (χ0n) is 13.2. The number of hydrogen-bond acceptors (Lipinski definition) is 4. The van der Waals surface area contributed by atoms with Crippen LogP contribution in [0.3, 0.4) is 0 Å². The quantitative estimate of drug-likeness (QED) is 0.800. The Balaban J connectivity index is 1.65. The third-order valence-corrected chi connectivity index (χ3v) is 4.55. The summed E-state index contributed by atoms with van der Waals surface area (Å²) in [5, 5.41) is 14.3. The standard InChI is InChI=1S/C15H22N6O/c1-10-12-7-11(8-17-13(12)21(3)20-10)19-14(22)18-9-15(16-2)5-4-6-15/h7-8,16H,4-6,9H2,1-3H3,(H2,18,19,22). The molecule has 0 spiro atoms. The topological polar surface area (TPSA) is 83.9 Å². The Morgan fingerprint density at radius 2 is 2.23 bits per heavy atom. The van der Waals surface area contributed by atoms with Gasteiger partial charge < -0.3 is 16.0 Å². The van der Waals surface area contributed by atoms with Crippen LogP contribution in [-0.4, -0.2) is 39.9 Å². The van der Waals surface area contributed by atoms with Gasteiger partial charge >= 0.3 is 6.03 Å². The second-order valence-electron chi connectivity index (χ2n) is 6.00. The lowest BCUT2D eigenvalue weighted by Gasteiger charge is -2.41. The summed E-state index contributed by atoms with van der Waals surface area (Å²) in [6, 6.07) is 1.70. The maximum Gasteiger partial charge on any atom is 0.319 e. The van der Waals surface area contributed by atoms with Crippen molar-refractivity contribution in [1.82, 2.24) is 25.4 Å². The molecule has 2 aromatic heterocycles. The van der Waals surface area contributed by atoms with Crippen molar-refractivity contribution in [3.63, 3.8) is 0 Å². The van der Waals surface area contributed by atoms with Gasteiger partial charge in [0.25, 0.3) is 0 Å². The van der Waals surface area contributed by atoms with Gasteiger partial charge in [-0.05, 0) is 39.3 Å². The lowest BCUT2D eigenvalue weighted by Crippen LogP contribution is -2.57. The lowest BCUT2D eigenvalue weighted by atomic mass is 9.77. The van der Waals surface area contributed by atoms with Crippen molar-refractivity contribution in [2.24, 2.45) is 7.05 Å². The zero-order chi connectivity index (χ0) is 15.7. The molecular formula is C15H22N6O. The second-order valence-corrected chi connectivity index (χ2v) is 6.00. The minimum Gasteiger partial charge on any atom is -0.336 e. The lowest BCUT2D eigenvalue weighted by molar-refractivity contribution is 0.191. The summed E-state index contributed by atoms with van der Waals surface area (Å²) < 4.78 is 1.74. The average molecular weight is 302 g/mol. The summed E-state index contributed by atoms with van der Waals surface area (Å²) in [4.78, 5) is 16.4. The number of nitrogens with one attached hydrogen (secondary N) is 3. The number of likely N-dealkylation sites (N-methyl/N-ethyl adjacent to an activating group) is 1. The van der Waals surface area contributed by atoms with Crippen LogP contribution in [0, 0.1) is 6.92 Å². The van der Waals surface area contributed by atoms with Gasteiger partial charge in [0.1, 0.15) is 0 Å². The Labute approximate surface area is 129 Å². The molecule has 3 rings (SSSR count). The van der Waals surface area contributed by atoms with Crippen molar-refractivity contribution in [2.45, 2.75) is 31.7 Å². The molecule has 0 bridgehead atoms. The SMILES string of the molecule is CNC1(CNC(=O)Nc2cnc3c(c2)c(C)nn3C)CCC1. The van der Waals surface area contributed by atoms with E-state index in [-0.39, 0.29) is 11.6 Å². The fourth-order valence-electron chi connectivity index (χ4n) is 2.92. The van der Waals surface area contributed by atoms with E-state index in [1.54, 1.807) is 10.9 Å². The molecule has 118 valence electrons. The van der Waals surface area contributed by atoms with Gasteiger partial charge in [0.05, 0.1) is 17.6 Å². The first kappa shape index (κ1) is 14.8. The number of aromatic nitrogens is 3. The largest absolute Gasteiger partial charge is 0.336 e. The third-order valence-electron chi connectivity index (χ3n) is 4.55. The zero-order valence-corrected chi connectivity index (χ0v) is 13.2. The minimum atomic E-state index is -0.204. The maximum atomic E-state index is 12.0. The van der Waals surface area contributed by atoms with Crippen molar-refractivity contribution >= 4 is 22.8 Å². The second kappa shape index (κ2) is 5.57. The first-order valence-corrected chi connectivity index (χ1v) is 7.56. The van der Waals surface area contributed by atoms with Gasteiger partial charge in [0.15, 0.2) is 5.65 Å². The van der Waals surface area contributed by atoms with Gasteiger partial charge in [-0.3, -0.25) is 4.68 Å². The van der Waals surface area contributed by atoms with Gasteiger partial charge in [-0.25, -0.2) is 9.78 Å². The number of carbonyl (C=O) groups is 1. The molecule has 0 aliphatic heterocycles. The molecule has 7 nitrogen and oxygen atoms in total. The van der Waals surface area contributed by atoms with Crippen molar-refractivity contribution < 1.29 is 4.79 Å². The Morgan fingerprint density at radius 1 is 1.45 bits per heavy atom. The third kappa shape index (κ3) is 2.64. The minimum absolute atomic E-state index is 0.0689. The van der Waals surface area contributed by atoms with Crippen LogP contribution in [0.1, 0.15) is 25.0 Å². The number of nitrogens with zero attached hydrogens (tertiary/aromatic N) is 3. The summed E-state index contributed by atoms with van der Waals surface area (Å²) in [7, 11) is 3.81. The number of hydrogen-bond donors (Lipinski definition) is 3. The van der Waals surface area contributed by atoms with Crippen molar-refractivity contribution in [2.75, 3.05) is 18.9 Å². The van der Waals surface area contributed by atoms with Crippen LogP contribution >= 0.6 is 0 Å². The number of anilines is 1. The van der Waals surface area contributed by atoms with E-state index in [9.17, 15) is 4.79 Å². The number of urea groups is 1. The Kier molecular flexibility index (Phi) is 3.74. The predicted octanol–water partition coefficient (Wildman–Crippen LogP) is 1.54. The molecular weight excluding hydrogens is 280 g/mol. The van der Waals surface area contributed by atoms with E-state index >= 15 is 0 Å². The molecule has 0 atom stereocenters. The van der Waals surface area contributed by atoms with Crippen LogP contribution < -0.4 is 16.0 Å². The summed E-state index contributed by atoms with van der Waals surface area (Å²) in [5.74, 6) is 0. The highest BCUT2D eigenvalue weighted by molar-refractivity contribution is 5.92. The Bertz CT molecular complexity index is 698. The van der Waals surface area contributed by atoms with Crippen molar-refractivity contribution in [3.8, 4) is 0 Å². The maximum absolute atomic E-state index is 12.0. The highest BCUT2D eigenvalue weighted by Crippen LogP contribution is 2.30. The summed E-state index contributed by atoms with van der Waals surface area (Å²) >= 11 is 0. The van der Waals surface area contributed by atoms with E-state index in [2.05, 4.69) is 26.0 Å². The Morgan fingerprint density at radius 3 is 2.86 bits per heavy atom. The van der Waals surface area contributed by atoms with Crippen LogP contribution in [0.5, 0.6) is 0 Å². The molecule has 2 aromatic rings. The van der Waals surface area contributed by atoms with Gasteiger partial charge in [-0.15, -0.1) is 0 Å². The molecule has 1 aliphatic rings. The molecule has 1 fully saturated rings. The molecule has 0 unspecified atom stereocenters. The highest BCUT2D eigenvalue weighted by Gasteiger charge is 2.35. The number of rotatable bonds is 4. The average Bonchev–Trinajstić information content (AvgIpc) is 2.73. The number of carbonyl (C=O) groups excluding carboxylic acids is 1. The van der Waals surface area contributed by atoms with Crippen LogP contribution in [0.2, 0.25) is 0 Å². The van der Waals surface area contributed by atoms with E-state index in [0.29, 0.717) is 12.2 Å². The molecule has 0 radical (unpaired) electrons. The number of amides is 2. The van der Waals surface area contributed by atoms with Crippen LogP contribution in [0.4, 0.5) is 10.5 Å². The Hall–Kier alpha value is -2.15. The van der Waals surface area contributed by atoms with E-state index in [4.69, 9.17) is 0 Å². The van der Waals surface area contributed by atoms with Crippen LogP contribution in [0.15, 0.2) is 12.3 Å². The van der Waals surface area contributed by atoms with Gasteiger partial charge in [-0.1, -0.05) is 0 Å². The van der Waals surface area contributed by atoms with E-state index in [0.717, 1.165) is 29.6 Å². The molecule has 7 heteroatoms. The fraction of sp³-hybridized carbons (Fsp3) is 0.533. The van der Waals surface area contributed by atoms with E-state index in [1.165, 1.54) is 6.42 Å². The molecule has 2 amide bonds. The highest BCUT2D eigenvalue weighted by atomic mass is 16.2. The molecule has 0 saturated heterocycles. The van der Waals surface area contributed by atoms with Gasteiger partial charge in [-0.2, -0.15) is 5.10 Å². The summed E-state index contributed by atoms with van der Waals surface area (Å²) in [6.45, 7) is 2.57. The van der Waals surface area contributed by atoms with Crippen molar-refractivity contribution in [3.05, 3.63) is 18.0 Å². The number of aryl methyl sites for hydroxylation is 2. The molecule has 1 saturated carbocycles. The summed E-state index contributed by atoms with van der Waals surface area (Å²) in [5.41, 5.74) is 2.46. The molecule has 2 heterocycles.